The number of nitriles is 1. The number of nitrogens with one attached hydrogen (secondary N) is 1. The van der Waals surface area contributed by atoms with E-state index >= 15 is 0 Å². The lowest BCUT2D eigenvalue weighted by molar-refractivity contribution is -0.118. The van der Waals surface area contributed by atoms with Gasteiger partial charge in [0, 0.05) is 6.04 Å². The highest BCUT2D eigenvalue weighted by Crippen LogP contribution is 2.25. The van der Waals surface area contributed by atoms with Crippen molar-refractivity contribution in [3.05, 3.63) is 41.0 Å². The number of amides is 1. The number of hydrogen-bond acceptors (Lipinski definition) is 2. The van der Waals surface area contributed by atoms with Crippen LogP contribution in [0.15, 0.2) is 29.8 Å². The quantitative estimate of drug-likeness (QED) is 0.653. The van der Waals surface area contributed by atoms with Crippen molar-refractivity contribution < 1.29 is 4.79 Å². The van der Waals surface area contributed by atoms with Gasteiger partial charge in [-0.2, -0.15) is 5.26 Å². The van der Waals surface area contributed by atoms with Gasteiger partial charge in [0.15, 0.2) is 0 Å². The van der Waals surface area contributed by atoms with Crippen LogP contribution in [0, 0.1) is 17.2 Å². The van der Waals surface area contributed by atoms with E-state index in [-0.39, 0.29) is 22.9 Å². The van der Waals surface area contributed by atoms with Gasteiger partial charge >= 0.3 is 0 Å². The Labute approximate surface area is 145 Å². The smallest absolute Gasteiger partial charge is 0.262 e. The molecule has 1 aromatic rings. The molecule has 3 heteroatoms. The van der Waals surface area contributed by atoms with Gasteiger partial charge in [-0.05, 0) is 41.4 Å². The van der Waals surface area contributed by atoms with Gasteiger partial charge in [-0.3, -0.25) is 4.79 Å². The second-order valence-electron chi connectivity index (χ2n) is 7.88. The summed E-state index contributed by atoms with van der Waals surface area (Å²) in [6.07, 6.45) is 6.20. The van der Waals surface area contributed by atoms with E-state index in [4.69, 9.17) is 0 Å². The molecule has 3 nitrogen and oxygen atoms in total. The van der Waals surface area contributed by atoms with Gasteiger partial charge < -0.3 is 5.32 Å². The molecule has 128 valence electrons. The van der Waals surface area contributed by atoms with Crippen molar-refractivity contribution in [1.82, 2.24) is 5.32 Å². The summed E-state index contributed by atoms with van der Waals surface area (Å²) < 4.78 is 0. The fourth-order valence-corrected chi connectivity index (χ4v) is 3.17. The molecule has 1 N–H and O–H groups in total. The van der Waals surface area contributed by atoms with E-state index in [0.29, 0.717) is 5.92 Å². The molecule has 0 bridgehead atoms. The van der Waals surface area contributed by atoms with Gasteiger partial charge in [0.2, 0.25) is 0 Å². The molecule has 0 aliphatic heterocycles. The Morgan fingerprint density at radius 3 is 2.38 bits per heavy atom. The van der Waals surface area contributed by atoms with Gasteiger partial charge in [0.1, 0.15) is 11.6 Å². The summed E-state index contributed by atoms with van der Waals surface area (Å²) in [6.45, 7) is 8.66. The minimum atomic E-state index is -0.254. The lowest BCUT2D eigenvalue weighted by atomic mass is 9.85. The summed E-state index contributed by atoms with van der Waals surface area (Å²) in [4.78, 5) is 12.4. The minimum absolute atomic E-state index is 0.0921. The van der Waals surface area contributed by atoms with E-state index < -0.39 is 0 Å². The Hall–Kier alpha value is -2.08. The fourth-order valence-electron chi connectivity index (χ4n) is 3.17. The molecule has 0 aromatic heterocycles. The largest absolute Gasteiger partial charge is 0.348 e. The first-order chi connectivity index (χ1) is 11.3. The predicted molar refractivity (Wildman–Crippen MR) is 98.3 cm³/mol. The van der Waals surface area contributed by atoms with E-state index in [9.17, 15) is 10.1 Å². The number of rotatable bonds is 3. The van der Waals surface area contributed by atoms with Crippen LogP contribution in [0.3, 0.4) is 0 Å². The van der Waals surface area contributed by atoms with Crippen molar-refractivity contribution >= 4 is 12.0 Å². The second kappa shape index (κ2) is 7.66. The molecule has 1 saturated carbocycles. The standard InChI is InChI=1S/C21H28N2O/c1-15-7-5-6-8-19(15)23-20(24)17(14-22)13-16-9-11-18(12-10-16)21(2,3)4/h9-13,15,19H,5-8H2,1-4H3,(H,23,24)/b17-13+/t15-,19+/m1/s1. The summed E-state index contributed by atoms with van der Waals surface area (Å²) in [6, 6.07) is 10.3. The van der Waals surface area contributed by atoms with Crippen molar-refractivity contribution in [1.29, 1.82) is 5.26 Å². The van der Waals surface area contributed by atoms with Crippen molar-refractivity contribution in [3.8, 4) is 6.07 Å². The summed E-state index contributed by atoms with van der Waals surface area (Å²) in [5.74, 6) is 0.227. The first kappa shape index (κ1) is 18.3. The highest BCUT2D eigenvalue weighted by atomic mass is 16.1. The molecule has 2 atom stereocenters. The summed E-state index contributed by atoms with van der Waals surface area (Å²) in [5, 5.41) is 12.4. The maximum absolute atomic E-state index is 12.4. The van der Waals surface area contributed by atoms with Crippen molar-refractivity contribution in [2.45, 2.75) is 64.8 Å². The molecule has 24 heavy (non-hydrogen) atoms. The third-order valence-electron chi connectivity index (χ3n) is 4.88. The molecule has 0 unspecified atom stereocenters. The van der Waals surface area contributed by atoms with E-state index in [0.717, 1.165) is 24.8 Å². The first-order valence-electron chi connectivity index (χ1n) is 8.84. The van der Waals surface area contributed by atoms with Crippen LogP contribution in [0.2, 0.25) is 0 Å². The maximum atomic E-state index is 12.4. The first-order valence-corrected chi connectivity index (χ1v) is 8.84. The van der Waals surface area contributed by atoms with Crippen molar-refractivity contribution in [3.63, 3.8) is 0 Å². The molecule has 1 aromatic carbocycles. The molecule has 2 rings (SSSR count). The highest BCUT2D eigenvalue weighted by Gasteiger charge is 2.24. The third-order valence-corrected chi connectivity index (χ3v) is 4.88. The molecule has 0 radical (unpaired) electrons. The average Bonchev–Trinajstić information content (AvgIpc) is 2.54. The van der Waals surface area contributed by atoms with Gasteiger partial charge in [-0.15, -0.1) is 0 Å². The molecule has 1 fully saturated rings. The molecule has 1 aliphatic carbocycles. The zero-order valence-electron chi connectivity index (χ0n) is 15.2. The number of nitrogens with zero attached hydrogens (tertiary/aromatic N) is 1. The summed E-state index contributed by atoms with van der Waals surface area (Å²) >= 11 is 0. The molecular formula is C21H28N2O. The zero-order chi connectivity index (χ0) is 17.7. The Balaban J connectivity index is 2.11. The lowest BCUT2D eigenvalue weighted by Gasteiger charge is -2.29. The van der Waals surface area contributed by atoms with Crippen LogP contribution in [-0.2, 0) is 10.2 Å². The van der Waals surface area contributed by atoms with Crippen LogP contribution >= 0.6 is 0 Å². The predicted octanol–water partition coefficient (Wildman–Crippen LogP) is 4.59. The SMILES string of the molecule is C[C@@H]1CCCC[C@@H]1NC(=O)/C(C#N)=C/c1ccc(C(C)(C)C)cc1. The van der Waals surface area contributed by atoms with Crippen LogP contribution in [-0.4, -0.2) is 11.9 Å². The van der Waals surface area contributed by atoms with Crippen LogP contribution in [0.1, 0.15) is 64.5 Å². The van der Waals surface area contributed by atoms with Crippen LogP contribution in [0.5, 0.6) is 0 Å². The summed E-state index contributed by atoms with van der Waals surface area (Å²) in [5.41, 5.74) is 2.38. The van der Waals surface area contributed by atoms with Crippen molar-refractivity contribution in [2.75, 3.05) is 0 Å². The lowest BCUT2D eigenvalue weighted by Crippen LogP contribution is -2.41. The van der Waals surface area contributed by atoms with Crippen LogP contribution in [0.25, 0.3) is 6.08 Å². The Morgan fingerprint density at radius 1 is 1.21 bits per heavy atom. The van der Waals surface area contributed by atoms with E-state index in [1.807, 2.05) is 18.2 Å². The molecule has 0 spiro atoms. The third kappa shape index (κ3) is 4.71. The molecule has 1 aliphatic rings. The van der Waals surface area contributed by atoms with E-state index in [1.54, 1.807) is 6.08 Å². The number of benzene rings is 1. The van der Waals surface area contributed by atoms with E-state index in [2.05, 4.69) is 45.1 Å². The normalized spacial score (nSPS) is 21.9. The minimum Gasteiger partial charge on any atom is -0.348 e. The van der Waals surface area contributed by atoms with Crippen molar-refractivity contribution in [2.24, 2.45) is 5.92 Å². The zero-order valence-corrected chi connectivity index (χ0v) is 15.2. The summed E-state index contributed by atoms with van der Waals surface area (Å²) in [7, 11) is 0. The number of hydrogen-bond donors (Lipinski definition) is 1. The van der Waals surface area contributed by atoms with E-state index in [1.165, 1.54) is 12.0 Å². The topological polar surface area (TPSA) is 52.9 Å². The fraction of sp³-hybridized carbons (Fsp3) is 0.524. The van der Waals surface area contributed by atoms with Gasteiger partial charge in [-0.25, -0.2) is 0 Å². The Bertz CT molecular complexity index is 644. The van der Waals surface area contributed by atoms with Gasteiger partial charge in [-0.1, -0.05) is 64.8 Å². The van der Waals surface area contributed by atoms with Gasteiger partial charge in [0.05, 0.1) is 0 Å². The second-order valence-corrected chi connectivity index (χ2v) is 7.88. The molecule has 0 heterocycles. The Morgan fingerprint density at radius 2 is 1.83 bits per heavy atom. The Kier molecular flexibility index (Phi) is 5.83. The number of carbonyl (C=O) groups excluding carboxylic acids is 1. The number of carbonyl (C=O) groups is 1. The monoisotopic (exact) mass is 324 g/mol. The van der Waals surface area contributed by atoms with Gasteiger partial charge in [0.25, 0.3) is 5.91 Å². The average molecular weight is 324 g/mol. The van der Waals surface area contributed by atoms with Crippen LogP contribution < -0.4 is 5.32 Å². The molecule has 0 saturated heterocycles. The molecule has 1 amide bonds. The molecular weight excluding hydrogens is 296 g/mol. The van der Waals surface area contributed by atoms with Crippen LogP contribution in [0.4, 0.5) is 0 Å². The highest BCUT2D eigenvalue weighted by molar-refractivity contribution is 6.01. The maximum Gasteiger partial charge on any atom is 0.262 e.